The highest BCUT2D eigenvalue weighted by molar-refractivity contribution is 14.0. The lowest BCUT2D eigenvalue weighted by atomic mass is 10.1. The smallest absolute Gasteiger partial charge is 0.251 e. The Morgan fingerprint density at radius 2 is 1.93 bits per heavy atom. The first-order chi connectivity index (χ1) is 12.5. The monoisotopic (exact) mass is 484 g/mol. The summed E-state index contributed by atoms with van der Waals surface area (Å²) in [6.45, 7) is 3.15. The van der Waals surface area contributed by atoms with Gasteiger partial charge in [-0.1, -0.05) is 18.2 Å². The van der Waals surface area contributed by atoms with Gasteiger partial charge in [-0.2, -0.15) is 0 Å². The first-order valence-corrected chi connectivity index (χ1v) is 8.54. The lowest BCUT2D eigenvalue weighted by Crippen LogP contribution is -2.38. The van der Waals surface area contributed by atoms with Crippen molar-refractivity contribution in [2.45, 2.75) is 19.9 Å². The number of hydrogen-bond donors (Lipinski definition) is 3. The molecular weight excluding hydrogens is 458 g/mol. The van der Waals surface area contributed by atoms with Crippen LogP contribution in [0.15, 0.2) is 47.5 Å². The zero-order valence-corrected chi connectivity index (χ0v) is 18.1. The predicted molar refractivity (Wildman–Crippen MR) is 118 cm³/mol. The molecule has 2 aromatic rings. The van der Waals surface area contributed by atoms with E-state index in [0.29, 0.717) is 24.6 Å². The molecule has 0 unspecified atom stereocenters. The third kappa shape index (κ3) is 7.16. The van der Waals surface area contributed by atoms with Crippen molar-refractivity contribution in [2.75, 3.05) is 20.6 Å². The maximum Gasteiger partial charge on any atom is 0.251 e. The van der Waals surface area contributed by atoms with Gasteiger partial charge in [0.2, 0.25) is 0 Å². The zero-order chi connectivity index (χ0) is 18.9. The van der Waals surface area contributed by atoms with Crippen LogP contribution in [0.25, 0.3) is 0 Å². The highest BCUT2D eigenvalue weighted by Crippen LogP contribution is 2.10. The summed E-state index contributed by atoms with van der Waals surface area (Å²) >= 11 is 0. The van der Waals surface area contributed by atoms with E-state index in [9.17, 15) is 9.18 Å². The fourth-order valence-electron chi connectivity index (χ4n) is 2.63. The summed E-state index contributed by atoms with van der Waals surface area (Å²) in [5.41, 5.74) is 3.67. The fourth-order valence-corrected chi connectivity index (χ4v) is 2.63. The van der Waals surface area contributed by atoms with E-state index in [0.717, 1.165) is 23.1 Å². The predicted octanol–water partition coefficient (Wildman–Crippen LogP) is 3.02. The Balaban J connectivity index is 0.00000364. The van der Waals surface area contributed by atoms with Gasteiger partial charge in [-0.15, -0.1) is 24.0 Å². The highest BCUT2D eigenvalue weighted by Gasteiger charge is 2.05. The normalized spacial score (nSPS) is 10.7. The first kappa shape index (κ1) is 22.9. The molecule has 0 aliphatic rings. The standard InChI is InChI=1S/C20H25FN4O.HI/c1-14-11-18(21)8-7-16(14)9-10-24-20(23-3)25-13-15-5-4-6-17(12-15)19(26)22-2;/h4-8,11-12H,9-10,13H2,1-3H3,(H,22,26)(H2,23,24,25);1H. The number of hydrogen-bond acceptors (Lipinski definition) is 2. The molecule has 146 valence electrons. The fraction of sp³-hybridized carbons (Fsp3) is 0.300. The Bertz CT molecular complexity index is 795. The third-order valence-corrected chi connectivity index (χ3v) is 4.09. The molecular formula is C20H26FIN4O. The van der Waals surface area contributed by atoms with Crippen LogP contribution in [0.3, 0.4) is 0 Å². The van der Waals surface area contributed by atoms with E-state index in [4.69, 9.17) is 0 Å². The number of guanidine groups is 1. The van der Waals surface area contributed by atoms with E-state index >= 15 is 0 Å². The maximum atomic E-state index is 13.1. The van der Waals surface area contributed by atoms with Crippen LogP contribution in [0.2, 0.25) is 0 Å². The van der Waals surface area contributed by atoms with Crippen LogP contribution in [0, 0.1) is 12.7 Å². The number of aliphatic imine (C=N–C) groups is 1. The number of carbonyl (C=O) groups is 1. The Labute approximate surface area is 176 Å². The molecule has 2 aromatic carbocycles. The zero-order valence-electron chi connectivity index (χ0n) is 15.8. The molecule has 0 aliphatic heterocycles. The number of nitrogens with one attached hydrogen (secondary N) is 3. The molecule has 0 saturated carbocycles. The molecule has 0 heterocycles. The first-order valence-electron chi connectivity index (χ1n) is 8.54. The maximum absolute atomic E-state index is 13.1. The van der Waals surface area contributed by atoms with Gasteiger partial charge >= 0.3 is 0 Å². The minimum Gasteiger partial charge on any atom is -0.356 e. The molecule has 7 heteroatoms. The van der Waals surface area contributed by atoms with Gasteiger partial charge in [0.15, 0.2) is 5.96 Å². The molecule has 0 spiro atoms. The molecule has 0 fully saturated rings. The summed E-state index contributed by atoms with van der Waals surface area (Å²) in [6.07, 6.45) is 0.777. The lowest BCUT2D eigenvalue weighted by molar-refractivity contribution is 0.0963. The van der Waals surface area contributed by atoms with Crippen molar-refractivity contribution in [3.05, 3.63) is 70.5 Å². The average Bonchev–Trinajstić information content (AvgIpc) is 2.65. The van der Waals surface area contributed by atoms with Gasteiger partial charge in [-0.05, 0) is 54.3 Å². The summed E-state index contributed by atoms with van der Waals surface area (Å²) in [4.78, 5) is 15.9. The lowest BCUT2D eigenvalue weighted by Gasteiger charge is -2.13. The van der Waals surface area contributed by atoms with E-state index in [1.54, 1.807) is 26.2 Å². The largest absolute Gasteiger partial charge is 0.356 e. The van der Waals surface area contributed by atoms with E-state index in [-0.39, 0.29) is 35.7 Å². The minimum absolute atomic E-state index is 0. The van der Waals surface area contributed by atoms with Crippen molar-refractivity contribution >= 4 is 35.8 Å². The van der Waals surface area contributed by atoms with Crippen LogP contribution in [0.4, 0.5) is 4.39 Å². The number of carbonyl (C=O) groups excluding carboxylic acids is 1. The van der Waals surface area contributed by atoms with Crippen molar-refractivity contribution in [1.82, 2.24) is 16.0 Å². The molecule has 0 aromatic heterocycles. The molecule has 0 aliphatic carbocycles. The average molecular weight is 484 g/mol. The number of amides is 1. The Hall–Kier alpha value is -2.16. The minimum atomic E-state index is -0.212. The molecule has 3 N–H and O–H groups in total. The van der Waals surface area contributed by atoms with Gasteiger partial charge in [0.05, 0.1) is 0 Å². The van der Waals surface area contributed by atoms with Crippen LogP contribution in [0.5, 0.6) is 0 Å². The molecule has 0 bridgehead atoms. The van der Waals surface area contributed by atoms with Crippen molar-refractivity contribution in [3.63, 3.8) is 0 Å². The van der Waals surface area contributed by atoms with E-state index < -0.39 is 0 Å². The molecule has 5 nitrogen and oxygen atoms in total. The highest BCUT2D eigenvalue weighted by atomic mass is 127. The Morgan fingerprint density at radius 3 is 2.59 bits per heavy atom. The summed E-state index contributed by atoms with van der Waals surface area (Å²) in [7, 11) is 3.32. The van der Waals surface area contributed by atoms with Crippen LogP contribution >= 0.6 is 24.0 Å². The van der Waals surface area contributed by atoms with Gasteiger partial charge in [0.1, 0.15) is 5.82 Å². The Morgan fingerprint density at radius 1 is 1.15 bits per heavy atom. The summed E-state index contributed by atoms with van der Waals surface area (Å²) in [5, 5.41) is 9.09. The van der Waals surface area contributed by atoms with Crippen LogP contribution in [-0.2, 0) is 13.0 Å². The van der Waals surface area contributed by atoms with E-state index in [1.165, 1.54) is 6.07 Å². The van der Waals surface area contributed by atoms with E-state index in [2.05, 4.69) is 20.9 Å². The topological polar surface area (TPSA) is 65.5 Å². The van der Waals surface area contributed by atoms with Crippen molar-refractivity contribution in [1.29, 1.82) is 0 Å². The molecule has 0 radical (unpaired) electrons. The van der Waals surface area contributed by atoms with Gasteiger partial charge < -0.3 is 16.0 Å². The second-order valence-corrected chi connectivity index (χ2v) is 5.95. The SMILES string of the molecule is CN=C(NCCc1ccc(F)cc1C)NCc1cccc(C(=O)NC)c1.I. The van der Waals surface area contributed by atoms with Crippen LogP contribution in [-0.4, -0.2) is 32.5 Å². The number of rotatable bonds is 6. The Kier molecular flexibility index (Phi) is 9.77. The van der Waals surface area contributed by atoms with Crippen molar-refractivity contribution in [3.8, 4) is 0 Å². The van der Waals surface area contributed by atoms with Gasteiger partial charge in [-0.25, -0.2) is 4.39 Å². The number of aryl methyl sites for hydroxylation is 1. The van der Waals surface area contributed by atoms with E-state index in [1.807, 2.05) is 31.2 Å². The third-order valence-electron chi connectivity index (χ3n) is 4.09. The van der Waals surface area contributed by atoms with Crippen LogP contribution in [0.1, 0.15) is 27.0 Å². The number of benzene rings is 2. The molecule has 0 atom stereocenters. The van der Waals surface area contributed by atoms with Gasteiger partial charge in [-0.3, -0.25) is 9.79 Å². The van der Waals surface area contributed by atoms with Crippen molar-refractivity contribution in [2.24, 2.45) is 4.99 Å². The summed E-state index contributed by atoms with van der Waals surface area (Å²) < 4.78 is 13.1. The second kappa shape index (κ2) is 11.5. The molecule has 27 heavy (non-hydrogen) atoms. The number of nitrogens with zero attached hydrogens (tertiary/aromatic N) is 1. The summed E-state index contributed by atoms with van der Waals surface area (Å²) in [5.74, 6) is 0.356. The number of halogens is 2. The van der Waals surface area contributed by atoms with Gasteiger partial charge in [0.25, 0.3) is 5.91 Å². The summed E-state index contributed by atoms with van der Waals surface area (Å²) in [6, 6.07) is 12.3. The quantitative estimate of drug-likeness (QED) is 0.336. The molecule has 2 rings (SSSR count). The molecule has 0 saturated heterocycles. The molecule has 1 amide bonds. The second-order valence-electron chi connectivity index (χ2n) is 5.95. The van der Waals surface area contributed by atoms with Gasteiger partial charge in [0, 0.05) is 32.7 Å². The van der Waals surface area contributed by atoms with Crippen LogP contribution < -0.4 is 16.0 Å². The van der Waals surface area contributed by atoms with Crippen molar-refractivity contribution < 1.29 is 9.18 Å².